The van der Waals surface area contributed by atoms with Gasteiger partial charge in [-0.1, -0.05) is 30.3 Å². The van der Waals surface area contributed by atoms with Gasteiger partial charge in [0, 0.05) is 6.04 Å². The van der Waals surface area contributed by atoms with Crippen LogP contribution in [0, 0.1) is 0 Å². The molecule has 0 aliphatic heterocycles. The van der Waals surface area contributed by atoms with Crippen LogP contribution in [0.5, 0.6) is 5.75 Å². The van der Waals surface area contributed by atoms with Gasteiger partial charge in [-0.15, -0.1) is 0 Å². The summed E-state index contributed by atoms with van der Waals surface area (Å²) in [5, 5.41) is 2.72. The Labute approximate surface area is 148 Å². The van der Waals surface area contributed by atoms with Crippen LogP contribution in [0.4, 0.5) is 5.69 Å². The molecule has 0 aliphatic rings. The van der Waals surface area contributed by atoms with E-state index >= 15 is 0 Å². The average molecular weight is 362 g/mol. The highest BCUT2D eigenvalue weighted by molar-refractivity contribution is 7.92. The Hall–Kier alpha value is -2.54. The molecule has 1 N–H and O–H groups in total. The molecule has 25 heavy (non-hydrogen) atoms. The third-order valence-corrected chi connectivity index (χ3v) is 5.20. The van der Waals surface area contributed by atoms with Gasteiger partial charge in [-0.05, 0) is 38.1 Å². The van der Waals surface area contributed by atoms with E-state index in [-0.39, 0.29) is 23.4 Å². The van der Waals surface area contributed by atoms with E-state index in [1.54, 1.807) is 42.5 Å². The molecule has 0 saturated heterocycles. The van der Waals surface area contributed by atoms with Crippen molar-refractivity contribution in [1.29, 1.82) is 0 Å². The van der Waals surface area contributed by atoms with E-state index in [1.165, 1.54) is 19.2 Å². The van der Waals surface area contributed by atoms with E-state index in [1.807, 2.05) is 13.8 Å². The van der Waals surface area contributed by atoms with E-state index in [9.17, 15) is 13.2 Å². The number of amides is 1. The van der Waals surface area contributed by atoms with Gasteiger partial charge in [0.25, 0.3) is 10.0 Å². The standard InChI is InChI=1S/C18H22N2O4S/c1-14(2)19-18(21)13-20(16-11-7-8-12-17(16)24-3)25(22,23)15-9-5-4-6-10-15/h4-12,14H,13H2,1-3H3,(H,19,21). The van der Waals surface area contributed by atoms with Gasteiger partial charge in [0.05, 0.1) is 17.7 Å². The van der Waals surface area contributed by atoms with Crippen molar-refractivity contribution in [2.45, 2.75) is 24.8 Å². The van der Waals surface area contributed by atoms with E-state index < -0.39 is 10.0 Å². The van der Waals surface area contributed by atoms with Crippen LogP contribution in [0.3, 0.4) is 0 Å². The Balaban J connectivity index is 2.51. The molecule has 1 amide bonds. The fourth-order valence-electron chi connectivity index (χ4n) is 2.35. The molecule has 2 aromatic rings. The highest BCUT2D eigenvalue weighted by Crippen LogP contribution is 2.31. The molecule has 0 bridgehead atoms. The van der Waals surface area contributed by atoms with Crippen LogP contribution in [0.1, 0.15) is 13.8 Å². The van der Waals surface area contributed by atoms with Crippen molar-refractivity contribution < 1.29 is 17.9 Å². The summed E-state index contributed by atoms with van der Waals surface area (Å²) in [6.07, 6.45) is 0. The second-order valence-corrected chi connectivity index (χ2v) is 7.58. The van der Waals surface area contributed by atoms with Gasteiger partial charge in [0.2, 0.25) is 5.91 Å². The Kier molecular flexibility index (Phi) is 6.03. The van der Waals surface area contributed by atoms with Crippen LogP contribution in [0.15, 0.2) is 59.5 Å². The topological polar surface area (TPSA) is 75.7 Å². The number of nitrogens with one attached hydrogen (secondary N) is 1. The first-order chi connectivity index (χ1) is 11.9. The summed E-state index contributed by atoms with van der Waals surface area (Å²) < 4.78 is 32.6. The molecule has 0 spiro atoms. The van der Waals surface area contributed by atoms with E-state index in [4.69, 9.17) is 4.74 Å². The first-order valence-electron chi connectivity index (χ1n) is 7.86. The predicted octanol–water partition coefficient (Wildman–Crippen LogP) is 2.42. The monoisotopic (exact) mass is 362 g/mol. The zero-order valence-electron chi connectivity index (χ0n) is 14.5. The van der Waals surface area contributed by atoms with Gasteiger partial charge >= 0.3 is 0 Å². The minimum atomic E-state index is -3.93. The maximum absolute atomic E-state index is 13.1. The second kappa shape index (κ2) is 8.02. The molecule has 0 atom stereocenters. The molecule has 134 valence electrons. The van der Waals surface area contributed by atoms with Crippen LogP contribution in [-0.2, 0) is 14.8 Å². The Bertz CT molecular complexity index is 820. The van der Waals surface area contributed by atoms with Crippen molar-refractivity contribution in [3.63, 3.8) is 0 Å². The summed E-state index contributed by atoms with van der Waals surface area (Å²) in [5.74, 6) is -0.0141. The van der Waals surface area contributed by atoms with Gasteiger partial charge in [-0.25, -0.2) is 8.42 Å². The predicted molar refractivity (Wildman–Crippen MR) is 97.2 cm³/mol. The molecule has 0 aromatic heterocycles. The number of nitrogens with zero attached hydrogens (tertiary/aromatic N) is 1. The Morgan fingerprint density at radius 3 is 2.28 bits per heavy atom. The molecule has 0 fully saturated rings. The van der Waals surface area contributed by atoms with E-state index in [0.717, 1.165) is 4.31 Å². The molecule has 6 nitrogen and oxygen atoms in total. The molecule has 0 radical (unpaired) electrons. The van der Waals surface area contributed by atoms with Gasteiger partial charge in [-0.3, -0.25) is 9.10 Å². The minimum Gasteiger partial charge on any atom is -0.495 e. The zero-order chi connectivity index (χ0) is 18.4. The molecule has 0 unspecified atom stereocenters. The summed E-state index contributed by atoms with van der Waals surface area (Å²) in [4.78, 5) is 12.4. The molecule has 2 aromatic carbocycles. The zero-order valence-corrected chi connectivity index (χ0v) is 15.3. The highest BCUT2D eigenvalue weighted by Gasteiger charge is 2.29. The van der Waals surface area contributed by atoms with Crippen LogP contribution in [0.25, 0.3) is 0 Å². The number of hydrogen-bond acceptors (Lipinski definition) is 4. The lowest BCUT2D eigenvalue weighted by atomic mass is 10.3. The third kappa shape index (κ3) is 4.51. The largest absolute Gasteiger partial charge is 0.495 e. The quantitative estimate of drug-likeness (QED) is 0.821. The lowest BCUT2D eigenvalue weighted by molar-refractivity contribution is -0.120. The normalized spacial score (nSPS) is 11.2. The molecule has 0 saturated carbocycles. The van der Waals surface area contributed by atoms with Crippen molar-refractivity contribution in [3.8, 4) is 5.75 Å². The van der Waals surface area contributed by atoms with Gasteiger partial charge in [-0.2, -0.15) is 0 Å². The first-order valence-corrected chi connectivity index (χ1v) is 9.30. The van der Waals surface area contributed by atoms with Gasteiger partial charge in [0.15, 0.2) is 0 Å². The maximum atomic E-state index is 13.1. The Morgan fingerprint density at radius 2 is 1.68 bits per heavy atom. The van der Waals surface area contributed by atoms with Crippen molar-refractivity contribution in [2.75, 3.05) is 18.0 Å². The fraction of sp³-hybridized carbons (Fsp3) is 0.278. The summed E-state index contributed by atoms with van der Waals surface area (Å²) in [6.45, 7) is 3.30. The second-order valence-electron chi connectivity index (χ2n) is 5.72. The fourth-order valence-corrected chi connectivity index (χ4v) is 3.81. The summed E-state index contributed by atoms with van der Waals surface area (Å²) in [7, 11) is -2.47. The number of carbonyl (C=O) groups is 1. The molecule has 0 aliphatic carbocycles. The molecular formula is C18H22N2O4S. The van der Waals surface area contributed by atoms with Crippen LogP contribution < -0.4 is 14.4 Å². The Morgan fingerprint density at radius 1 is 1.08 bits per heavy atom. The number of hydrogen-bond donors (Lipinski definition) is 1. The van der Waals surface area contributed by atoms with Crippen LogP contribution >= 0.6 is 0 Å². The summed E-state index contributed by atoms with van der Waals surface area (Å²) in [5.41, 5.74) is 0.313. The molecule has 2 rings (SSSR count). The van der Waals surface area contributed by atoms with Crippen LogP contribution in [-0.4, -0.2) is 34.0 Å². The maximum Gasteiger partial charge on any atom is 0.264 e. The van der Waals surface area contributed by atoms with Crippen molar-refractivity contribution in [2.24, 2.45) is 0 Å². The van der Waals surface area contributed by atoms with Crippen molar-refractivity contribution >= 4 is 21.6 Å². The number of rotatable bonds is 7. The number of benzene rings is 2. The summed E-state index contributed by atoms with van der Waals surface area (Å²) in [6, 6.07) is 14.6. The average Bonchev–Trinajstić information content (AvgIpc) is 2.59. The number of methoxy groups -OCH3 is 1. The molecule has 7 heteroatoms. The molecular weight excluding hydrogens is 340 g/mol. The van der Waals surface area contributed by atoms with E-state index in [0.29, 0.717) is 11.4 Å². The van der Waals surface area contributed by atoms with Crippen molar-refractivity contribution in [3.05, 3.63) is 54.6 Å². The van der Waals surface area contributed by atoms with E-state index in [2.05, 4.69) is 5.32 Å². The third-order valence-electron chi connectivity index (χ3n) is 3.42. The molecule has 0 heterocycles. The summed E-state index contributed by atoms with van der Waals surface area (Å²) >= 11 is 0. The highest BCUT2D eigenvalue weighted by atomic mass is 32.2. The number of anilines is 1. The van der Waals surface area contributed by atoms with Crippen LogP contribution in [0.2, 0.25) is 0 Å². The lowest BCUT2D eigenvalue weighted by Crippen LogP contribution is -2.43. The van der Waals surface area contributed by atoms with Gasteiger partial charge in [0.1, 0.15) is 12.3 Å². The van der Waals surface area contributed by atoms with Crippen molar-refractivity contribution in [1.82, 2.24) is 5.32 Å². The number of sulfonamides is 1. The minimum absolute atomic E-state index is 0.0913. The van der Waals surface area contributed by atoms with Gasteiger partial charge < -0.3 is 10.1 Å². The lowest BCUT2D eigenvalue weighted by Gasteiger charge is -2.26. The number of carbonyl (C=O) groups excluding carboxylic acids is 1. The number of ether oxygens (including phenoxy) is 1. The smallest absolute Gasteiger partial charge is 0.264 e. The first kappa shape index (κ1) is 18.8. The number of para-hydroxylation sites is 2. The SMILES string of the molecule is COc1ccccc1N(CC(=O)NC(C)C)S(=O)(=O)c1ccccc1.